The molecule has 0 aliphatic heterocycles. The van der Waals surface area contributed by atoms with Crippen molar-refractivity contribution in [3.8, 4) is 6.07 Å². The van der Waals surface area contributed by atoms with Crippen molar-refractivity contribution < 1.29 is 9.18 Å². The fourth-order valence-electron chi connectivity index (χ4n) is 3.15. The van der Waals surface area contributed by atoms with Crippen molar-refractivity contribution in [1.29, 1.82) is 5.26 Å². The molecule has 0 spiro atoms. The van der Waals surface area contributed by atoms with E-state index in [1.54, 1.807) is 12.1 Å². The third kappa shape index (κ3) is 4.33. The Morgan fingerprint density at radius 3 is 2.54 bits per heavy atom. The summed E-state index contributed by atoms with van der Waals surface area (Å²) in [7, 11) is 0. The van der Waals surface area contributed by atoms with E-state index in [2.05, 4.69) is 16.3 Å². The van der Waals surface area contributed by atoms with Crippen LogP contribution in [-0.4, -0.2) is 35.5 Å². The van der Waals surface area contributed by atoms with E-state index in [0.717, 1.165) is 44.2 Å². The molecule has 0 bridgehead atoms. The van der Waals surface area contributed by atoms with Crippen molar-refractivity contribution in [1.82, 2.24) is 10.2 Å². The predicted molar refractivity (Wildman–Crippen MR) is 89.6 cm³/mol. The summed E-state index contributed by atoms with van der Waals surface area (Å²) in [4.78, 5) is 14.6. The Morgan fingerprint density at radius 1 is 1.33 bits per heavy atom. The van der Waals surface area contributed by atoms with Gasteiger partial charge in [0, 0.05) is 12.6 Å². The highest BCUT2D eigenvalue weighted by molar-refractivity contribution is 5.79. The number of hydrogen-bond acceptors (Lipinski definition) is 3. The molecule has 0 aromatic heterocycles. The molecule has 1 N–H and O–H groups in total. The number of hydrogen-bond donors (Lipinski definition) is 1. The van der Waals surface area contributed by atoms with Gasteiger partial charge < -0.3 is 5.32 Å². The lowest BCUT2D eigenvalue weighted by Gasteiger charge is -2.26. The van der Waals surface area contributed by atoms with E-state index in [1.165, 1.54) is 12.1 Å². The Morgan fingerprint density at radius 2 is 2.00 bits per heavy atom. The van der Waals surface area contributed by atoms with Gasteiger partial charge in [-0.1, -0.05) is 12.1 Å². The van der Waals surface area contributed by atoms with Crippen LogP contribution in [0.4, 0.5) is 4.39 Å². The maximum absolute atomic E-state index is 13.0. The first-order valence-electron chi connectivity index (χ1n) is 8.71. The van der Waals surface area contributed by atoms with Crippen molar-refractivity contribution in [2.45, 2.75) is 50.6 Å². The summed E-state index contributed by atoms with van der Waals surface area (Å²) in [5, 5.41) is 12.3. The number of carbonyl (C=O) groups is 1. The molecule has 0 saturated heterocycles. The Labute approximate surface area is 142 Å². The normalized spacial score (nSPS) is 19.6. The smallest absolute Gasteiger partial charge is 0.235 e. The molecule has 2 aliphatic rings. The highest BCUT2D eigenvalue weighted by Gasteiger charge is 2.43. The number of nitriles is 1. The van der Waals surface area contributed by atoms with Gasteiger partial charge in [-0.15, -0.1) is 0 Å². The molecule has 5 heteroatoms. The first kappa shape index (κ1) is 16.9. The van der Waals surface area contributed by atoms with Gasteiger partial charge in [-0.3, -0.25) is 9.69 Å². The van der Waals surface area contributed by atoms with Gasteiger partial charge in [0.2, 0.25) is 5.91 Å². The van der Waals surface area contributed by atoms with Gasteiger partial charge in [-0.25, -0.2) is 4.39 Å². The average molecular weight is 329 g/mol. The lowest BCUT2D eigenvalue weighted by atomic mass is 9.98. The molecule has 3 rings (SSSR count). The number of amides is 1. The van der Waals surface area contributed by atoms with Crippen molar-refractivity contribution in [2.75, 3.05) is 13.1 Å². The third-order valence-electron chi connectivity index (χ3n) is 5.04. The molecule has 1 amide bonds. The van der Waals surface area contributed by atoms with Crippen LogP contribution in [-0.2, 0) is 11.2 Å². The van der Waals surface area contributed by atoms with E-state index in [4.69, 9.17) is 0 Å². The minimum atomic E-state index is -0.733. The lowest BCUT2D eigenvalue weighted by molar-refractivity contribution is -0.123. The van der Waals surface area contributed by atoms with Crippen LogP contribution in [0.2, 0.25) is 0 Å². The van der Waals surface area contributed by atoms with Gasteiger partial charge in [-0.2, -0.15) is 5.26 Å². The summed E-state index contributed by atoms with van der Waals surface area (Å²) in [6.07, 6.45) is 5.06. The number of rotatable bonds is 8. The SMILES string of the molecule is C[C@@](C#N)(NC(=O)CN(CCc1ccc(F)cc1)C1CC1)C1CC1. The Balaban J connectivity index is 1.53. The summed E-state index contributed by atoms with van der Waals surface area (Å²) < 4.78 is 13.0. The minimum Gasteiger partial charge on any atom is -0.337 e. The minimum absolute atomic E-state index is 0.0723. The third-order valence-corrected chi connectivity index (χ3v) is 5.04. The topological polar surface area (TPSA) is 56.1 Å². The van der Waals surface area contributed by atoms with Gasteiger partial charge in [0.1, 0.15) is 11.4 Å². The summed E-state index contributed by atoms with van der Waals surface area (Å²) in [5.41, 5.74) is 0.339. The molecule has 2 saturated carbocycles. The van der Waals surface area contributed by atoms with Crippen LogP contribution in [0.1, 0.15) is 38.2 Å². The predicted octanol–water partition coefficient (Wildman–Crippen LogP) is 2.64. The fourth-order valence-corrected chi connectivity index (χ4v) is 3.15. The van der Waals surface area contributed by atoms with E-state index in [-0.39, 0.29) is 11.7 Å². The molecular formula is C19H24FN3O. The molecule has 1 aromatic rings. The van der Waals surface area contributed by atoms with Gasteiger partial charge in [0.25, 0.3) is 0 Å². The second-order valence-corrected chi connectivity index (χ2v) is 7.21. The number of benzene rings is 1. The van der Waals surface area contributed by atoms with Crippen LogP contribution < -0.4 is 5.32 Å². The maximum atomic E-state index is 13.0. The van der Waals surface area contributed by atoms with Gasteiger partial charge in [0.15, 0.2) is 0 Å². The molecule has 4 nitrogen and oxygen atoms in total. The molecule has 2 fully saturated rings. The zero-order chi connectivity index (χ0) is 17.2. The van der Waals surface area contributed by atoms with Gasteiger partial charge in [0.05, 0.1) is 12.6 Å². The second kappa shape index (κ2) is 6.90. The van der Waals surface area contributed by atoms with Crippen LogP contribution in [0.15, 0.2) is 24.3 Å². The largest absolute Gasteiger partial charge is 0.337 e. The van der Waals surface area contributed by atoms with E-state index in [0.29, 0.717) is 18.5 Å². The second-order valence-electron chi connectivity index (χ2n) is 7.21. The highest BCUT2D eigenvalue weighted by Crippen LogP contribution is 2.39. The summed E-state index contributed by atoms with van der Waals surface area (Å²) >= 11 is 0. The Kier molecular flexibility index (Phi) is 4.86. The first-order chi connectivity index (χ1) is 11.5. The Bertz CT molecular complexity index is 631. The molecule has 1 atom stereocenters. The standard InChI is InChI=1S/C19H24FN3O/c1-19(13-21,15-4-5-15)22-18(24)12-23(17-8-9-17)11-10-14-2-6-16(20)7-3-14/h2-3,6-7,15,17H,4-5,8-12H2,1H3,(H,22,24)/t19-/m0/s1. The Hall–Kier alpha value is -1.93. The first-order valence-corrected chi connectivity index (χ1v) is 8.71. The summed E-state index contributed by atoms with van der Waals surface area (Å²) in [6, 6.07) is 9.25. The van der Waals surface area contributed by atoms with Crippen LogP contribution >= 0.6 is 0 Å². The number of halogens is 1. The van der Waals surface area contributed by atoms with Crippen molar-refractivity contribution in [3.63, 3.8) is 0 Å². The number of carbonyl (C=O) groups excluding carboxylic acids is 1. The molecule has 2 aliphatic carbocycles. The highest BCUT2D eigenvalue weighted by atomic mass is 19.1. The molecule has 128 valence electrons. The summed E-state index contributed by atoms with van der Waals surface area (Å²) in [5.74, 6) is -0.00922. The fraction of sp³-hybridized carbons (Fsp3) is 0.579. The molecule has 24 heavy (non-hydrogen) atoms. The molecule has 0 radical (unpaired) electrons. The van der Waals surface area contributed by atoms with Gasteiger partial charge in [-0.05, 0) is 62.6 Å². The molecule has 1 aromatic carbocycles. The summed E-state index contributed by atoms with van der Waals surface area (Å²) in [6.45, 7) is 2.93. The van der Waals surface area contributed by atoms with Crippen LogP contribution in [0.25, 0.3) is 0 Å². The van der Waals surface area contributed by atoms with Gasteiger partial charge >= 0.3 is 0 Å². The molecule has 0 unspecified atom stereocenters. The van der Waals surface area contributed by atoms with Crippen molar-refractivity contribution >= 4 is 5.91 Å². The van der Waals surface area contributed by atoms with Crippen LogP contribution in [0.3, 0.4) is 0 Å². The van der Waals surface area contributed by atoms with Crippen molar-refractivity contribution in [3.05, 3.63) is 35.6 Å². The monoisotopic (exact) mass is 329 g/mol. The lowest BCUT2D eigenvalue weighted by Crippen LogP contribution is -2.50. The van der Waals surface area contributed by atoms with Crippen LogP contribution in [0, 0.1) is 23.1 Å². The number of nitrogens with zero attached hydrogens (tertiary/aromatic N) is 2. The maximum Gasteiger partial charge on any atom is 0.235 e. The zero-order valence-electron chi connectivity index (χ0n) is 14.1. The van der Waals surface area contributed by atoms with E-state index < -0.39 is 5.54 Å². The average Bonchev–Trinajstić information content (AvgIpc) is 3.44. The quantitative estimate of drug-likeness (QED) is 0.798. The molecular weight excluding hydrogens is 305 g/mol. The van der Waals surface area contributed by atoms with Crippen molar-refractivity contribution in [2.24, 2.45) is 5.92 Å². The van der Waals surface area contributed by atoms with E-state index >= 15 is 0 Å². The van der Waals surface area contributed by atoms with Crippen LogP contribution in [0.5, 0.6) is 0 Å². The van der Waals surface area contributed by atoms with E-state index in [9.17, 15) is 14.4 Å². The number of nitrogens with one attached hydrogen (secondary N) is 1. The zero-order valence-corrected chi connectivity index (χ0v) is 14.1. The van der Waals surface area contributed by atoms with E-state index in [1.807, 2.05) is 6.92 Å². The molecule has 0 heterocycles.